The zero-order valence-corrected chi connectivity index (χ0v) is 9.25. The Bertz CT molecular complexity index is 656. The first-order valence-corrected chi connectivity index (χ1v) is 5.20. The van der Waals surface area contributed by atoms with E-state index in [1.165, 1.54) is 0 Å². The number of aromatic nitrogens is 3. The molecular weight excluding hydrogens is 226 g/mol. The van der Waals surface area contributed by atoms with Crippen LogP contribution in [0, 0.1) is 6.92 Å². The lowest BCUT2D eigenvalue weighted by atomic mass is 10.2. The molecule has 16 heavy (non-hydrogen) atoms. The first-order chi connectivity index (χ1) is 7.75. The van der Waals surface area contributed by atoms with Gasteiger partial charge in [-0.2, -0.15) is 4.98 Å². The van der Waals surface area contributed by atoms with E-state index in [2.05, 4.69) is 15.1 Å². The Labute approximate surface area is 96.2 Å². The van der Waals surface area contributed by atoms with Crippen LogP contribution in [0.3, 0.4) is 0 Å². The minimum atomic E-state index is 0.415. The second kappa shape index (κ2) is 3.35. The Kier molecular flexibility index (Phi) is 1.97. The summed E-state index contributed by atoms with van der Waals surface area (Å²) in [6.07, 6.45) is 0. The first kappa shape index (κ1) is 9.42. The van der Waals surface area contributed by atoms with Crippen LogP contribution in [0.4, 0.5) is 0 Å². The Morgan fingerprint density at radius 2 is 2.12 bits per heavy atom. The van der Waals surface area contributed by atoms with Crippen molar-refractivity contribution in [1.82, 2.24) is 15.1 Å². The van der Waals surface area contributed by atoms with Gasteiger partial charge in [0.05, 0.1) is 5.02 Å². The van der Waals surface area contributed by atoms with E-state index in [-0.39, 0.29) is 0 Å². The van der Waals surface area contributed by atoms with Gasteiger partial charge in [-0.1, -0.05) is 35.0 Å². The van der Waals surface area contributed by atoms with Crippen molar-refractivity contribution in [2.45, 2.75) is 6.92 Å². The van der Waals surface area contributed by atoms with Gasteiger partial charge in [0.15, 0.2) is 5.82 Å². The van der Waals surface area contributed by atoms with Gasteiger partial charge in [0, 0.05) is 10.9 Å². The maximum Gasteiger partial charge on any atom is 0.275 e. The fourth-order valence-electron chi connectivity index (χ4n) is 1.65. The Hall–Kier alpha value is -1.81. The van der Waals surface area contributed by atoms with Crippen molar-refractivity contribution in [1.29, 1.82) is 0 Å². The zero-order chi connectivity index (χ0) is 11.1. The second-order valence-corrected chi connectivity index (χ2v) is 3.88. The van der Waals surface area contributed by atoms with Crippen molar-refractivity contribution in [3.8, 4) is 11.6 Å². The molecule has 2 aromatic heterocycles. The van der Waals surface area contributed by atoms with Crippen LogP contribution in [0.2, 0.25) is 5.02 Å². The van der Waals surface area contributed by atoms with Crippen molar-refractivity contribution in [2.75, 3.05) is 0 Å². The number of halogens is 1. The summed E-state index contributed by atoms with van der Waals surface area (Å²) in [5.74, 6) is 1.00. The van der Waals surface area contributed by atoms with Gasteiger partial charge in [-0.05, 0) is 13.0 Å². The molecule has 0 aliphatic heterocycles. The number of nitrogens with zero attached hydrogens (tertiary/aromatic N) is 2. The lowest BCUT2D eigenvalue weighted by molar-refractivity contribution is 0.424. The Morgan fingerprint density at radius 3 is 2.81 bits per heavy atom. The molecule has 3 rings (SSSR count). The highest BCUT2D eigenvalue weighted by atomic mass is 35.5. The summed E-state index contributed by atoms with van der Waals surface area (Å²) in [7, 11) is 0. The Morgan fingerprint density at radius 1 is 1.31 bits per heavy atom. The minimum absolute atomic E-state index is 0.415. The number of H-pyrrole nitrogens is 1. The topological polar surface area (TPSA) is 54.7 Å². The Balaban J connectivity index is 2.28. The first-order valence-electron chi connectivity index (χ1n) is 4.82. The second-order valence-electron chi connectivity index (χ2n) is 3.51. The van der Waals surface area contributed by atoms with Crippen LogP contribution in [-0.2, 0) is 0 Å². The largest absolute Gasteiger partial charge is 0.349 e. The van der Waals surface area contributed by atoms with Crippen molar-refractivity contribution < 1.29 is 4.52 Å². The molecule has 2 heterocycles. The summed E-state index contributed by atoms with van der Waals surface area (Å²) >= 11 is 6.24. The van der Waals surface area contributed by atoms with E-state index >= 15 is 0 Å². The van der Waals surface area contributed by atoms with Gasteiger partial charge in [-0.25, -0.2) is 0 Å². The molecule has 4 nitrogen and oxygen atoms in total. The molecular formula is C11H8ClN3O. The normalized spacial score (nSPS) is 11.1. The molecule has 1 N–H and O–H groups in total. The van der Waals surface area contributed by atoms with Crippen LogP contribution in [0.25, 0.3) is 22.5 Å². The van der Waals surface area contributed by atoms with Crippen molar-refractivity contribution in [3.05, 3.63) is 35.1 Å². The number of hydrogen-bond acceptors (Lipinski definition) is 3. The number of para-hydroxylation sites is 1. The van der Waals surface area contributed by atoms with Crippen molar-refractivity contribution in [3.63, 3.8) is 0 Å². The van der Waals surface area contributed by atoms with E-state index in [0.29, 0.717) is 22.4 Å². The molecule has 0 saturated carbocycles. The van der Waals surface area contributed by atoms with E-state index in [9.17, 15) is 0 Å². The molecule has 0 atom stereocenters. The highest BCUT2D eigenvalue weighted by Gasteiger charge is 2.15. The fraction of sp³-hybridized carbons (Fsp3) is 0.0909. The van der Waals surface area contributed by atoms with Crippen molar-refractivity contribution in [2.24, 2.45) is 0 Å². The zero-order valence-electron chi connectivity index (χ0n) is 8.49. The number of benzene rings is 1. The molecule has 0 unspecified atom stereocenters. The summed E-state index contributed by atoms with van der Waals surface area (Å²) in [4.78, 5) is 7.31. The van der Waals surface area contributed by atoms with E-state index in [4.69, 9.17) is 16.1 Å². The molecule has 0 fully saturated rings. The van der Waals surface area contributed by atoms with Crippen molar-refractivity contribution >= 4 is 22.5 Å². The third-order valence-corrected chi connectivity index (χ3v) is 2.78. The predicted octanol–water partition coefficient (Wildman–Crippen LogP) is 3.18. The van der Waals surface area contributed by atoms with Gasteiger partial charge >= 0.3 is 0 Å². The monoisotopic (exact) mass is 233 g/mol. The highest BCUT2D eigenvalue weighted by Crippen LogP contribution is 2.33. The van der Waals surface area contributed by atoms with Crippen LogP contribution in [0.5, 0.6) is 0 Å². The summed E-state index contributed by atoms with van der Waals surface area (Å²) in [6, 6.07) is 7.78. The van der Waals surface area contributed by atoms with Crippen LogP contribution in [-0.4, -0.2) is 15.1 Å². The maximum atomic E-state index is 6.24. The number of fused-ring (bicyclic) bond motifs is 1. The molecule has 0 aliphatic carbocycles. The number of rotatable bonds is 1. The molecule has 80 valence electrons. The molecule has 0 aliphatic rings. The average Bonchev–Trinajstić information content (AvgIpc) is 2.84. The predicted molar refractivity (Wildman–Crippen MR) is 61.3 cm³/mol. The van der Waals surface area contributed by atoms with Crippen LogP contribution in [0.15, 0.2) is 28.8 Å². The van der Waals surface area contributed by atoms with Gasteiger partial charge in [0.25, 0.3) is 5.89 Å². The average molecular weight is 234 g/mol. The summed E-state index contributed by atoms with van der Waals surface area (Å²) < 4.78 is 5.08. The SMILES string of the molecule is Cc1noc(-c2[nH]c3ccccc3c2Cl)n1. The van der Waals surface area contributed by atoms with E-state index < -0.39 is 0 Å². The molecule has 0 amide bonds. The van der Waals surface area contributed by atoms with Gasteiger partial charge in [-0.15, -0.1) is 0 Å². The van der Waals surface area contributed by atoms with Gasteiger partial charge < -0.3 is 9.51 Å². The minimum Gasteiger partial charge on any atom is -0.349 e. The smallest absolute Gasteiger partial charge is 0.275 e. The molecule has 0 radical (unpaired) electrons. The third-order valence-electron chi connectivity index (χ3n) is 2.38. The van der Waals surface area contributed by atoms with E-state index in [1.807, 2.05) is 24.3 Å². The quantitative estimate of drug-likeness (QED) is 0.702. The third kappa shape index (κ3) is 1.31. The molecule has 3 aromatic rings. The highest BCUT2D eigenvalue weighted by molar-refractivity contribution is 6.38. The molecule has 1 aromatic carbocycles. The van der Waals surface area contributed by atoms with Gasteiger partial charge in [0.1, 0.15) is 5.69 Å². The summed E-state index contributed by atoms with van der Waals surface area (Å²) in [5.41, 5.74) is 1.63. The standard InChI is InChI=1S/C11H8ClN3O/c1-6-13-11(16-15-6)10-9(12)7-4-2-3-5-8(7)14-10/h2-5,14H,1H3. The van der Waals surface area contributed by atoms with Gasteiger partial charge in [0.2, 0.25) is 0 Å². The fourth-order valence-corrected chi connectivity index (χ4v) is 1.95. The summed E-state index contributed by atoms with van der Waals surface area (Å²) in [6.45, 7) is 1.77. The number of nitrogens with one attached hydrogen (secondary N) is 1. The lowest BCUT2D eigenvalue weighted by Gasteiger charge is -1.88. The van der Waals surface area contributed by atoms with Gasteiger partial charge in [-0.3, -0.25) is 0 Å². The lowest BCUT2D eigenvalue weighted by Crippen LogP contribution is -1.78. The summed E-state index contributed by atoms with van der Waals surface area (Å²) in [5, 5.41) is 5.30. The maximum absolute atomic E-state index is 6.24. The van der Waals surface area contributed by atoms with E-state index in [1.54, 1.807) is 6.92 Å². The molecule has 0 spiro atoms. The van der Waals surface area contributed by atoms with Crippen LogP contribution < -0.4 is 0 Å². The van der Waals surface area contributed by atoms with Crippen LogP contribution >= 0.6 is 11.6 Å². The molecule has 0 saturated heterocycles. The van der Waals surface area contributed by atoms with Crippen LogP contribution in [0.1, 0.15) is 5.82 Å². The number of aromatic amines is 1. The number of hydrogen-bond donors (Lipinski definition) is 1. The molecule has 5 heteroatoms. The van der Waals surface area contributed by atoms with E-state index in [0.717, 1.165) is 10.9 Å². The number of aryl methyl sites for hydroxylation is 1. The molecule has 0 bridgehead atoms.